The minimum absolute atomic E-state index is 0.337. The number of nitrogens with zero attached hydrogens (tertiary/aromatic N) is 2. The molecular formula is C15H26N4. The highest BCUT2D eigenvalue weighted by atomic mass is 15.1. The summed E-state index contributed by atoms with van der Waals surface area (Å²) in [5.41, 5.74) is 7.52. The Kier molecular flexibility index (Phi) is 3.97. The van der Waals surface area contributed by atoms with Gasteiger partial charge in [0.15, 0.2) is 0 Å². The maximum atomic E-state index is 5.98. The molecule has 2 rings (SSSR count). The molecule has 0 amide bonds. The first kappa shape index (κ1) is 14.1. The predicted octanol–water partition coefficient (Wildman–Crippen LogP) is 3.56. The molecule has 1 aliphatic carbocycles. The van der Waals surface area contributed by atoms with Crippen LogP contribution in [0.4, 0.5) is 11.6 Å². The van der Waals surface area contributed by atoms with E-state index in [0.717, 1.165) is 11.4 Å². The molecule has 1 fully saturated rings. The van der Waals surface area contributed by atoms with Gasteiger partial charge in [-0.3, -0.25) is 0 Å². The largest absolute Gasteiger partial charge is 0.383 e. The number of hydrogen-bond acceptors (Lipinski definition) is 4. The van der Waals surface area contributed by atoms with E-state index in [0.29, 0.717) is 23.2 Å². The normalized spacial score (nSPS) is 19.6. The Morgan fingerprint density at radius 3 is 2.47 bits per heavy atom. The maximum Gasteiger partial charge on any atom is 0.135 e. The Morgan fingerprint density at radius 1 is 1.26 bits per heavy atom. The predicted molar refractivity (Wildman–Crippen MR) is 80.2 cm³/mol. The lowest BCUT2D eigenvalue weighted by Crippen LogP contribution is -2.30. The van der Waals surface area contributed by atoms with Crippen molar-refractivity contribution in [2.75, 3.05) is 11.1 Å². The second-order valence-electron chi connectivity index (χ2n) is 6.76. The van der Waals surface area contributed by atoms with Crippen LogP contribution < -0.4 is 11.1 Å². The molecule has 0 radical (unpaired) electrons. The molecule has 1 aromatic heterocycles. The minimum Gasteiger partial charge on any atom is -0.383 e. The van der Waals surface area contributed by atoms with Gasteiger partial charge >= 0.3 is 0 Å². The van der Waals surface area contributed by atoms with Crippen LogP contribution >= 0.6 is 0 Å². The fourth-order valence-electron chi connectivity index (χ4n) is 2.83. The van der Waals surface area contributed by atoms with Gasteiger partial charge in [-0.1, -0.05) is 27.7 Å². The van der Waals surface area contributed by atoms with Crippen molar-refractivity contribution in [2.24, 2.45) is 5.41 Å². The topological polar surface area (TPSA) is 63.8 Å². The molecule has 0 aromatic carbocycles. The molecule has 0 unspecified atom stereocenters. The molecule has 19 heavy (non-hydrogen) atoms. The van der Waals surface area contributed by atoms with Gasteiger partial charge in [-0.15, -0.1) is 0 Å². The van der Waals surface area contributed by atoms with Crippen molar-refractivity contribution in [2.45, 2.75) is 65.3 Å². The Bertz CT molecular complexity index is 430. The van der Waals surface area contributed by atoms with Crippen LogP contribution in [0.15, 0.2) is 6.33 Å². The van der Waals surface area contributed by atoms with Crippen molar-refractivity contribution in [3.63, 3.8) is 0 Å². The van der Waals surface area contributed by atoms with Gasteiger partial charge < -0.3 is 11.1 Å². The highest BCUT2D eigenvalue weighted by molar-refractivity contribution is 5.57. The molecule has 0 saturated heterocycles. The molecule has 0 bridgehead atoms. The van der Waals surface area contributed by atoms with Gasteiger partial charge in [0, 0.05) is 11.6 Å². The first-order valence-electron chi connectivity index (χ1n) is 7.26. The smallest absolute Gasteiger partial charge is 0.135 e. The van der Waals surface area contributed by atoms with Crippen molar-refractivity contribution < 1.29 is 0 Å². The number of nitrogen functional groups attached to an aromatic ring is 1. The standard InChI is InChI=1S/C15H26N4/c1-10(2)12-13(16)17-9-18-14(12)19-11-5-7-15(3,4)8-6-11/h9-11H,5-8H2,1-4H3,(H3,16,17,18,19). The van der Waals surface area contributed by atoms with E-state index < -0.39 is 0 Å². The summed E-state index contributed by atoms with van der Waals surface area (Å²) >= 11 is 0. The number of nitrogens with one attached hydrogen (secondary N) is 1. The molecule has 0 aliphatic heterocycles. The quantitative estimate of drug-likeness (QED) is 0.874. The molecule has 1 saturated carbocycles. The number of anilines is 2. The van der Waals surface area contributed by atoms with Crippen LogP contribution in [-0.2, 0) is 0 Å². The molecule has 4 nitrogen and oxygen atoms in total. The molecule has 4 heteroatoms. The van der Waals surface area contributed by atoms with E-state index in [1.54, 1.807) is 6.33 Å². The van der Waals surface area contributed by atoms with Gasteiger partial charge in [-0.2, -0.15) is 0 Å². The second kappa shape index (κ2) is 5.35. The number of rotatable bonds is 3. The highest BCUT2D eigenvalue weighted by Crippen LogP contribution is 2.37. The van der Waals surface area contributed by atoms with Gasteiger partial charge in [0.05, 0.1) is 0 Å². The second-order valence-corrected chi connectivity index (χ2v) is 6.76. The third-order valence-corrected chi connectivity index (χ3v) is 4.17. The lowest BCUT2D eigenvalue weighted by molar-refractivity contribution is 0.232. The van der Waals surface area contributed by atoms with E-state index in [2.05, 4.69) is 43.0 Å². The molecule has 0 spiro atoms. The third-order valence-electron chi connectivity index (χ3n) is 4.17. The van der Waals surface area contributed by atoms with Gasteiger partial charge in [-0.25, -0.2) is 9.97 Å². The molecule has 106 valence electrons. The SMILES string of the molecule is CC(C)c1c(N)ncnc1NC1CCC(C)(C)CC1. The van der Waals surface area contributed by atoms with E-state index in [4.69, 9.17) is 5.73 Å². The molecule has 1 heterocycles. The average molecular weight is 262 g/mol. The summed E-state index contributed by atoms with van der Waals surface area (Å²) in [5, 5.41) is 3.58. The van der Waals surface area contributed by atoms with E-state index in [1.165, 1.54) is 25.7 Å². The lowest BCUT2D eigenvalue weighted by Gasteiger charge is -2.35. The fraction of sp³-hybridized carbons (Fsp3) is 0.733. The van der Waals surface area contributed by atoms with Crippen LogP contribution in [0, 0.1) is 5.41 Å². The zero-order valence-corrected chi connectivity index (χ0v) is 12.5. The van der Waals surface area contributed by atoms with Gasteiger partial charge in [0.1, 0.15) is 18.0 Å². The average Bonchev–Trinajstić information content (AvgIpc) is 2.31. The molecule has 1 aliphatic rings. The van der Waals surface area contributed by atoms with Crippen molar-refractivity contribution in [1.29, 1.82) is 0 Å². The molecule has 0 atom stereocenters. The maximum absolute atomic E-state index is 5.98. The van der Waals surface area contributed by atoms with Crippen molar-refractivity contribution >= 4 is 11.6 Å². The van der Waals surface area contributed by atoms with Crippen LogP contribution in [0.25, 0.3) is 0 Å². The van der Waals surface area contributed by atoms with E-state index in [1.807, 2.05) is 0 Å². The summed E-state index contributed by atoms with van der Waals surface area (Å²) in [5.74, 6) is 1.86. The van der Waals surface area contributed by atoms with Crippen molar-refractivity contribution in [1.82, 2.24) is 9.97 Å². The van der Waals surface area contributed by atoms with Crippen LogP contribution in [0.2, 0.25) is 0 Å². The number of nitrogens with two attached hydrogens (primary N) is 1. The van der Waals surface area contributed by atoms with Crippen LogP contribution in [-0.4, -0.2) is 16.0 Å². The van der Waals surface area contributed by atoms with Crippen LogP contribution in [0.5, 0.6) is 0 Å². The van der Waals surface area contributed by atoms with Gasteiger partial charge in [0.25, 0.3) is 0 Å². The summed E-state index contributed by atoms with van der Waals surface area (Å²) in [6.07, 6.45) is 6.49. The van der Waals surface area contributed by atoms with Crippen molar-refractivity contribution in [3.8, 4) is 0 Å². The Balaban J connectivity index is 2.10. The third kappa shape index (κ3) is 3.37. The lowest BCUT2D eigenvalue weighted by atomic mass is 9.75. The van der Waals surface area contributed by atoms with Crippen LogP contribution in [0.3, 0.4) is 0 Å². The van der Waals surface area contributed by atoms with Crippen LogP contribution in [0.1, 0.15) is 64.9 Å². The zero-order chi connectivity index (χ0) is 14.0. The Labute approximate surface area is 116 Å². The molecule has 1 aromatic rings. The molecular weight excluding hydrogens is 236 g/mol. The summed E-state index contributed by atoms with van der Waals surface area (Å²) in [6, 6.07) is 0.514. The number of hydrogen-bond donors (Lipinski definition) is 2. The Morgan fingerprint density at radius 2 is 1.89 bits per heavy atom. The molecule has 3 N–H and O–H groups in total. The fourth-order valence-corrected chi connectivity index (χ4v) is 2.83. The summed E-state index contributed by atoms with van der Waals surface area (Å²) in [4.78, 5) is 8.49. The zero-order valence-electron chi connectivity index (χ0n) is 12.5. The highest BCUT2D eigenvalue weighted by Gasteiger charge is 2.27. The summed E-state index contributed by atoms with van der Waals surface area (Å²) in [6.45, 7) is 8.96. The van der Waals surface area contributed by atoms with Gasteiger partial charge in [0.2, 0.25) is 0 Å². The monoisotopic (exact) mass is 262 g/mol. The van der Waals surface area contributed by atoms with E-state index >= 15 is 0 Å². The van der Waals surface area contributed by atoms with E-state index in [-0.39, 0.29) is 0 Å². The van der Waals surface area contributed by atoms with Crippen molar-refractivity contribution in [3.05, 3.63) is 11.9 Å². The van der Waals surface area contributed by atoms with E-state index in [9.17, 15) is 0 Å². The first-order chi connectivity index (χ1) is 8.89. The number of aromatic nitrogens is 2. The van der Waals surface area contributed by atoms with Gasteiger partial charge in [-0.05, 0) is 37.0 Å². The summed E-state index contributed by atoms with van der Waals surface area (Å²) < 4.78 is 0. The Hall–Kier alpha value is -1.32. The first-order valence-corrected chi connectivity index (χ1v) is 7.26. The minimum atomic E-state index is 0.337. The summed E-state index contributed by atoms with van der Waals surface area (Å²) in [7, 11) is 0.